The second-order valence-corrected chi connectivity index (χ2v) is 7.69. The molecule has 0 aromatic rings. The van der Waals surface area contributed by atoms with Gasteiger partial charge in [-0.25, -0.2) is 0 Å². The fraction of sp³-hybridized carbons (Fsp3) is 0.909. The van der Waals surface area contributed by atoms with E-state index in [1.807, 2.05) is 0 Å². The highest BCUT2D eigenvalue weighted by molar-refractivity contribution is 4.88. The van der Waals surface area contributed by atoms with Crippen LogP contribution in [0.1, 0.15) is 84.0 Å². The Morgan fingerprint density at radius 2 is 1.48 bits per heavy atom. The molecule has 5 heteroatoms. The largest absolute Gasteiger partial charge is 0.394 e. The molecule has 0 amide bonds. The number of allylic oxidation sites excluding steroid dienone is 2. The lowest BCUT2D eigenvalue weighted by Gasteiger charge is -2.24. The summed E-state index contributed by atoms with van der Waals surface area (Å²) in [7, 11) is 0. The van der Waals surface area contributed by atoms with Gasteiger partial charge in [0.05, 0.1) is 13.2 Å². The molecule has 1 heterocycles. The van der Waals surface area contributed by atoms with E-state index in [1.165, 1.54) is 64.2 Å². The molecular formula is C22H42O5. The first-order chi connectivity index (χ1) is 13.2. The van der Waals surface area contributed by atoms with Crippen LogP contribution in [0, 0.1) is 0 Å². The van der Waals surface area contributed by atoms with Crippen LogP contribution < -0.4 is 0 Å². The molecule has 0 spiro atoms. The van der Waals surface area contributed by atoms with E-state index in [4.69, 9.17) is 9.47 Å². The summed E-state index contributed by atoms with van der Waals surface area (Å²) in [5.41, 5.74) is 0. The number of aliphatic hydroxyl groups is 3. The van der Waals surface area contributed by atoms with Gasteiger partial charge in [0, 0.05) is 6.61 Å². The molecule has 1 aliphatic rings. The van der Waals surface area contributed by atoms with Gasteiger partial charge in [-0.1, -0.05) is 69.9 Å². The van der Waals surface area contributed by atoms with Crippen LogP contribution in [0.5, 0.6) is 0 Å². The lowest BCUT2D eigenvalue weighted by molar-refractivity contribution is -0.101. The van der Waals surface area contributed by atoms with E-state index in [9.17, 15) is 15.3 Å². The zero-order valence-corrected chi connectivity index (χ0v) is 17.2. The van der Waals surface area contributed by atoms with Gasteiger partial charge in [0.1, 0.15) is 24.4 Å². The molecule has 27 heavy (non-hydrogen) atoms. The van der Waals surface area contributed by atoms with Gasteiger partial charge < -0.3 is 24.8 Å². The molecule has 0 bridgehead atoms. The molecule has 1 fully saturated rings. The molecule has 0 saturated carbocycles. The molecular weight excluding hydrogens is 344 g/mol. The van der Waals surface area contributed by atoms with Crippen molar-refractivity contribution in [1.82, 2.24) is 0 Å². The monoisotopic (exact) mass is 386 g/mol. The third-order valence-electron chi connectivity index (χ3n) is 5.32. The van der Waals surface area contributed by atoms with Crippen molar-refractivity contribution in [3.63, 3.8) is 0 Å². The number of aliphatic hydroxyl groups excluding tert-OH is 3. The van der Waals surface area contributed by atoms with Gasteiger partial charge in [0.25, 0.3) is 0 Å². The summed E-state index contributed by atoms with van der Waals surface area (Å²) < 4.78 is 11.0. The Balaban J connectivity index is 1.86. The number of hydrogen-bond acceptors (Lipinski definition) is 5. The van der Waals surface area contributed by atoms with E-state index in [-0.39, 0.29) is 13.2 Å². The Bertz CT molecular complexity index is 361. The van der Waals surface area contributed by atoms with Gasteiger partial charge in [0.2, 0.25) is 0 Å². The van der Waals surface area contributed by atoms with E-state index in [2.05, 4.69) is 19.1 Å². The highest BCUT2D eigenvalue weighted by Crippen LogP contribution is 2.20. The minimum atomic E-state index is -0.977. The maximum Gasteiger partial charge on any atom is 0.114 e. The van der Waals surface area contributed by atoms with Crippen molar-refractivity contribution in [2.45, 2.75) is 108 Å². The number of rotatable bonds is 17. The Morgan fingerprint density at radius 1 is 0.926 bits per heavy atom. The van der Waals surface area contributed by atoms with Crippen LogP contribution >= 0.6 is 0 Å². The summed E-state index contributed by atoms with van der Waals surface area (Å²) in [4.78, 5) is 0. The van der Waals surface area contributed by atoms with Crippen molar-refractivity contribution < 1.29 is 24.8 Å². The van der Waals surface area contributed by atoms with Crippen LogP contribution in [0.25, 0.3) is 0 Å². The number of unbranched alkanes of at least 4 members (excludes halogenated alkanes) is 11. The maximum atomic E-state index is 9.82. The zero-order chi connectivity index (χ0) is 19.7. The molecule has 0 unspecified atom stereocenters. The maximum absolute atomic E-state index is 9.82. The van der Waals surface area contributed by atoms with Gasteiger partial charge in [-0.15, -0.1) is 0 Å². The van der Waals surface area contributed by atoms with Crippen molar-refractivity contribution in [3.8, 4) is 0 Å². The molecule has 1 saturated heterocycles. The molecule has 5 nitrogen and oxygen atoms in total. The Labute approximate surface area is 165 Å². The normalized spacial score (nSPS) is 24.1. The van der Waals surface area contributed by atoms with Gasteiger partial charge in [0.15, 0.2) is 0 Å². The highest BCUT2D eigenvalue weighted by atomic mass is 16.6. The quantitative estimate of drug-likeness (QED) is 0.262. The lowest BCUT2D eigenvalue weighted by atomic mass is 10.0. The van der Waals surface area contributed by atoms with Gasteiger partial charge in [-0.05, 0) is 26.2 Å². The molecule has 4 atom stereocenters. The average Bonchev–Trinajstić information content (AvgIpc) is 3.00. The standard InChI is InChI=1S/C22H42O5/c1-2-3-4-5-6-7-8-9-10-11-12-13-14-15-16-26-20(17-23)22-21(25)19(24)18-27-22/h2-3,19-25H,4-18H2,1H3/b3-2+/t19-,20+,21-,22-/m1/s1. The van der Waals surface area contributed by atoms with Crippen molar-refractivity contribution in [2.24, 2.45) is 0 Å². The third kappa shape index (κ3) is 11.2. The molecule has 160 valence electrons. The summed E-state index contributed by atoms with van der Waals surface area (Å²) in [6.45, 7) is 2.54. The molecule has 0 aromatic heterocycles. The summed E-state index contributed by atoms with van der Waals surface area (Å²) in [6, 6.07) is 0. The minimum absolute atomic E-state index is 0.0991. The van der Waals surface area contributed by atoms with Crippen LogP contribution in [0.3, 0.4) is 0 Å². The van der Waals surface area contributed by atoms with Crippen LogP contribution in [0.15, 0.2) is 12.2 Å². The van der Waals surface area contributed by atoms with Crippen LogP contribution in [0.4, 0.5) is 0 Å². The molecule has 0 radical (unpaired) electrons. The van der Waals surface area contributed by atoms with Gasteiger partial charge in [-0.3, -0.25) is 0 Å². The predicted molar refractivity (Wildman–Crippen MR) is 109 cm³/mol. The van der Waals surface area contributed by atoms with E-state index < -0.39 is 24.4 Å². The Kier molecular flexibility index (Phi) is 15.0. The second-order valence-electron chi connectivity index (χ2n) is 7.69. The zero-order valence-electron chi connectivity index (χ0n) is 17.2. The van der Waals surface area contributed by atoms with E-state index in [1.54, 1.807) is 0 Å². The third-order valence-corrected chi connectivity index (χ3v) is 5.32. The van der Waals surface area contributed by atoms with Crippen molar-refractivity contribution >= 4 is 0 Å². The van der Waals surface area contributed by atoms with E-state index in [0.717, 1.165) is 12.8 Å². The van der Waals surface area contributed by atoms with Gasteiger partial charge in [-0.2, -0.15) is 0 Å². The van der Waals surface area contributed by atoms with Crippen LogP contribution in [-0.4, -0.2) is 59.6 Å². The molecule has 1 aliphatic heterocycles. The SMILES string of the molecule is C/C=C/CCCCCCCCCCCCCO[C@@H](CO)[C@H]1OC[C@@H](O)[C@H]1O. The van der Waals surface area contributed by atoms with Crippen LogP contribution in [-0.2, 0) is 9.47 Å². The summed E-state index contributed by atoms with van der Waals surface area (Å²) >= 11 is 0. The highest BCUT2D eigenvalue weighted by Gasteiger charge is 2.40. The van der Waals surface area contributed by atoms with E-state index >= 15 is 0 Å². The lowest BCUT2D eigenvalue weighted by Crippen LogP contribution is -2.42. The second kappa shape index (κ2) is 16.5. The molecule has 0 aromatic carbocycles. The summed E-state index contributed by atoms with van der Waals surface area (Å²) in [5, 5.41) is 28.7. The number of hydrogen-bond donors (Lipinski definition) is 3. The smallest absolute Gasteiger partial charge is 0.114 e. The minimum Gasteiger partial charge on any atom is -0.394 e. The Hall–Kier alpha value is -0.460. The molecule has 0 aliphatic carbocycles. The average molecular weight is 387 g/mol. The molecule has 1 rings (SSSR count). The van der Waals surface area contributed by atoms with E-state index in [0.29, 0.717) is 6.61 Å². The Morgan fingerprint density at radius 3 is 1.96 bits per heavy atom. The summed E-state index contributed by atoms with van der Waals surface area (Å²) in [6.07, 6.45) is 16.6. The summed E-state index contributed by atoms with van der Waals surface area (Å²) in [5.74, 6) is 0. The number of ether oxygens (including phenoxy) is 2. The predicted octanol–water partition coefficient (Wildman–Crippen LogP) is 3.74. The fourth-order valence-electron chi connectivity index (χ4n) is 3.56. The van der Waals surface area contributed by atoms with Crippen molar-refractivity contribution in [3.05, 3.63) is 12.2 Å². The first kappa shape index (κ1) is 24.6. The van der Waals surface area contributed by atoms with Gasteiger partial charge >= 0.3 is 0 Å². The van der Waals surface area contributed by atoms with Crippen molar-refractivity contribution in [2.75, 3.05) is 19.8 Å². The van der Waals surface area contributed by atoms with Crippen molar-refractivity contribution in [1.29, 1.82) is 0 Å². The first-order valence-corrected chi connectivity index (χ1v) is 11.0. The van der Waals surface area contributed by atoms with Crippen LogP contribution in [0.2, 0.25) is 0 Å². The first-order valence-electron chi connectivity index (χ1n) is 11.0. The topological polar surface area (TPSA) is 79.2 Å². The fourth-order valence-corrected chi connectivity index (χ4v) is 3.56. The molecule has 3 N–H and O–H groups in total.